The molecule has 0 bridgehead atoms. The van der Waals surface area contributed by atoms with Crippen LogP contribution in [0.25, 0.3) is 11.6 Å². The topological polar surface area (TPSA) is 94.2 Å². The molecule has 8 heteroatoms. The zero-order chi connectivity index (χ0) is 20.2. The lowest BCUT2D eigenvalue weighted by molar-refractivity contribution is -0.134. The van der Waals surface area contributed by atoms with Crippen molar-refractivity contribution in [1.82, 2.24) is 25.1 Å². The maximum Gasteiger partial charge on any atom is 0.267 e. The molecule has 3 heterocycles. The van der Waals surface area contributed by atoms with Gasteiger partial charge in [0.2, 0.25) is 11.8 Å². The first-order chi connectivity index (χ1) is 14.1. The Kier molecular flexibility index (Phi) is 5.50. The van der Waals surface area contributed by atoms with Gasteiger partial charge in [0.05, 0.1) is 25.4 Å². The van der Waals surface area contributed by atoms with Crippen molar-refractivity contribution in [3.63, 3.8) is 0 Å². The summed E-state index contributed by atoms with van der Waals surface area (Å²) in [6, 6.07) is 7.34. The molecule has 1 fully saturated rings. The number of amides is 1. The average molecular weight is 393 g/mol. The third-order valence-electron chi connectivity index (χ3n) is 5.06. The summed E-state index contributed by atoms with van der Waals surface area (Å²) in [5.74, 6) is 1.59. The van der Waals surface area contributed by atoms with Crippen LogP contribution in [0.5, 0.6) is 5.75 Å². The van der Waals surface area contributed by atoms with E-state index in [1.807, 2.05) is 36.1 Å². The Morgan fingerprint density at radius 1 is 1.17 bits per heavy atom. The van der Waals surface area contributed by atoms with Crippen LogP contribution >= 0.6 is 0 Å². The SMILES string of the molecule is COc1ccc(CC(=O)N2CCCCC2c2nnc(-c3cnc(C)cn3)o2)cc1. The number of nitrogens with zero attached hydrogens (tertiary/aromatic N) is 5. The van der Waals surface area contributed by atoms with Gasteiger partial charge in [-0.3, -0.25) is 9.78 Å². The first-order valence-corrected chi connectivity index (χ1v) is 9.69. The number of carbonyl (C=O) groups excluding carboxylic acids is 1. The van der Waals surface area contributed by atoms with Gasteiger partial charge < -0.3 is 14.1 Å². The van der Waals surface area contributed by atoms with Gasteiger partial charge in [0.1, 0.15) is 17.5 Å². The fraction of sp³-hybridized carbons (Fsp3) is 0.381. The van der Waals surface area contributed by atoms with Gasteiger partial charge in [0, 0.05) is 12.7 Å². The fourth-order valence-corrected chi connectivity index (χ4v) is 3.48. The first kappa shape index (κ1) is 19.0. The number of piperidine rings is 1. The van der Waals surface area contributed by atoms with Crippen molar-refractivity contribution in [1.29, 1.82) is 0 Å². The van der Waals surface area contributed by atoms with Crippen LogP contribution in [0.1, 0.15) is 42.5 Å². The van der Waals surface area contributed by atoms with Gasteiger partial charge in [-0.05, 0) is 43.9 Å². The van der Waals surface area contributed by atoms with Crippen molar-refractivity contribution in [2.45, 2.75) is 38.6 Å². The van der Waals surface area contributed by atoms with E-state index < -0.39 is 0 Å². The van der Waals surface area contributed by atoms with Crippen LogP contribution in [0.4, 0.5) is 0 Å². The highest BCUT2D eigenvalue weighted by Crippen LogP contribution is 2.32. The lowest BCUT2D eigenvalue weighted by atomic mass is 10.0. The third-order valence-corrected chi connectivity index (χ3v) is 5.06. The minimum Gasteiger partial charge on any atom is -0.497 e. The Morgan fingerprint density at radius 2 is 2.00 bits per heavy atom. The number of hydrogen-bond donors (Lipinski definition) is 0. The van der Waals surface area contributed by atoms with Crippen LogP contribution < -0.4 is 4.74 Å². The molecule has 2 aromatic heterocycles. The summed E-state index contributed by atoms with van der Waals surface area (Å²) >= 11 is 0. The van der Waals surface area contributed by atoms with E-state index in [9.17, 15) is 4.79 Å². The van der Waals surface area contributed by atoms with E-state index in [-0.39, 0.29) is 11.9 Å². The lowest BCUT2D eigenvalue weighted by Gasteiger charge is -2.33. The summed E-state index contributed by atoms with van der Waals surface area (Å²) in [5, 5.41) is 8.32. The Balaban J connectivity index is 1.51. The van der Waals surface area contributed by atoms with E-state index in [1.54, 1.807) is 19.5 Å². The zero-order valence-electron chi connectivity index (χ0n) is 16.5. The second kappa shape index (κ2) is 8.38. The zero-order valence-corrected chi connectivity index (χ0v) is 16.5. The molecule has 0 saturated carbocycles. The lowest BCUT2D eigenvalue weighted by Crippen LogP contribution is -2.39. The second-order valence-corrected chi connectivity index (χ2v) is 7.11. The van der Waals surface area contributed by atoms with Crippen LogP contribution in [-0.4, -0.2) is 44.6 Å². The van der Waals surface area contributed by atoms with Crippen molar-refractivity contribution >= 4 is 5.91 Å². The molecule has 0 radical (unpaired) electrons. The van der Waals surface area contributed by atoms with Crippen molar-refractivity contribution in [2.75, 3.05) is 13.7 Å². The number of methoxy groups -OCH3 is 1. The summed E-state index contributed by atoms with van der Waals surface area (Å²) < 4.78 is 11.1. The molecule has 4 rings (SSSR count). The van der Waals surface area contributed by atoms with Crippen molar-refractivity contribution in [2.24, 2.45) is 0 Å². The number of carbonyl (C=O) groups is 1. The average Bonchev–Trinajstić information content (AvgIpc) is 3.25. The largest absolute Gasteiger partial charge is 0.497 e. The minimum absolute atomic E-state index is 0.0507. The van der Waals surface area contributed by atoms with Crippen molar-refractivity contribution < 1.29 is 13.9 Å². The maximum absolute atomic E-state index is 13.0. The van der Waals surface area contributed by atoms with Gasteiger partial charge in [-0.2, -0.15) is 0 Å². The van der Waals surface area contributed by atoms with Gasteiger partial charge in [-0.15, -0.1) is 10.2 Å². The maximum atomic E-state index is 13.0. The fourth-order valence-electron chi connectivity index (χ4n) is 3.48. The number of rotatable bonds is 5. The van der Waals surface area contributed by atoms with Gasteiger partial charge in [-0.25, -0.2) is 4.98 Å². The monoisotopic (exact) mass is 393 g/mol. The molecule has 1 unspecified atom stereocenters. The van der Waals surface area contributed by atoms with Crippen LogP contribution in [0.15, 0.2) is 41.1 Å². The molecular formula is C21H23N5O3. The predicted octanol–water partition coefficient (Wildman–Crippen LogP) is 3.14. The van der Waals surface area contributed by atoms with Crippen LogP contribution in [0.2, 0.25) is 0 Å². The number of aromatic nitrogens is 4. The van der Waals surface area contributed by atoms with E-state index >= 15 is 0 Å². The quantitative estimate of drug-likeness (QED) is 0.657. The summed E-state index contributed by atoms with van der Waals surface area (Å²) in [5.41, 5.74) is 2.29. The van der Waals surface area contributed by atoms with Gasteiger partial charge in [0.25, 0.3) is 5.89 Å². The second-order valence-electron chi connectivity index (χ2n) is 7.11. The van der Waals surface area contributed by atoms with E-state index in [1.165, 1.54) is 0 Å². The Bertz CT molecular complexity index is 969. The Hall–Kier alpha value is -3.29. The standard InChI is InChI=1S/C21H23N5O3/c1-14-12-23-17(13-22-14)20-24-25-21(29-20)18-5-3-4-10-26(18)19(27)11-15-6-8-16(28-2)9-7-15/h6-9,12-13,18H,3-5,10-11H2,1-2H3. The Labute approximate surface area is 169 Å². The first-order valence-electron chi connectivity index (χ1n) is 9.69. The summed E-state index contributed by atoms with van der Waals surface area (Å²) in [6.45, 7) is 2.55. The van der Waals surface area contributed by atoms with E-state index in [0.717, 1.165) is 36.3 Å². The summed E-state index contributed by atoms with van der Waals surface area (Å²) in [6.07, 6.45) is 6.37. The highest BCUT2D eigenvalue weighted by atomic mass is 16.5. The third kappa shape index (κ3) is 4.26. The molecule has 8 nitrogen and oxygen atoms in total. The number of likely N-dealkylation sites (tertiary alicyclic amines) is 1. The molecule has 1 aromatic carbocycles. The molecule has 150 valence electrons. The number of hydrogen-bond acceptors (Lipinski definition) is 7. The van der Waals surface area contributed by atoms with Gasteiger partial charge >= 0.3 is 0 Å². The molecule has 0 spiro atoms. The molecular weight excluding hydrogens is 370 g/mol. The molecule has 0 aliphatic carbocycles. The summed E-state index contributed by atoms with van der Waals surface area (Å²) in [7, 11) is 1.62. The highest BCUT2D eigenvalue weighted by molar-refractivity contribution is 5.79. The molecule has 1 aliphatic heterocycles. The minimum atomic E-state index is -0.214. The van der Waals surface area contributed by atoms with Crippen LogP contribution in [-0.2, 0) is 11.2 Å². The Morgan fingerprint density at radius 3 is 2.72 bits per heavy atom. The normalized spacial score (nSPS) is 16.6. The molecule has 1 saturated heterocycles. The highest BCUT2D eigenvalue weighted by Gasteiger charge is 2.32. The van der Waals surface area contributed by atoms with Gasteiger partial charge in [-0.1, -0.05) is 12.1 Å². The van der Waals surface area contributed by atoms with Crippen LogP contribution in [0, 0.1) is 6.92 Å². The molecule has 0 N–H and O–H groups in total. The predicted molar refractivity (Wildman–Crippen MR) is 105 cm³/mol. The molecule has 1 amide bonds. The van der Waals surface area contributed by atoms with E-state index in [2.05, 4.69) is 20.2 Å². The number of benzene rings is 1. The smallest absolute Gasteiger partial charge is 0.267 e. The molecule has 29 heavy (non-hydrogen) atoms. The molecule has 3 aromatic rings. The molecule has 1 aliphatic rings. The molecule has 1 atom stereocenters. The number of ether oxygens (including phenoxy) is 1. The van der Waals surface area contributed by atoms with E-state index in [0.29, 0.717) is 30.4 Å². The summed E-state index contributed by atoms with van der Waals surface area (Å²) in [4.78, 5) is 23.4. The van der Waals surface area contributed by atoms with Gasteiger partial charge in [0.15, 0.2) is 0 Å². The number of aryl methyl sites for hydroxylation is 1. The van der Waals surface area contributed by atoms with Crippen molar-refractivity contribution in [3.8, 4) is 17.3 Å². The van der Waals surface area contributed by atoms with Crippen molar-refractivity contribution in [3.05, 3.63) is 53.8 Å². The van der Waals surface area contributed by atoms with Crippen LogP contribution in [0.3, 0.4) is 0 Å². The van der Waals surface area contributed by atoms with E-state index in [4.69, 9.17) is 9.15 Å².